The lowest BCUT2D eigenvalue weighted by Crippen LogP contribution is -2.30. The van der Waals surface area contributed by atoms with Crippen LogP contribution in [0.4, 0.5) is 0 Å². The lowest BCUT2D eigenvalue weighted by molar-refractivity contribution is 0.0925. The molecule has 4 heteroatoms. The summed E-state index contributed by atoms with van der Waals surface area (Å²) in [6.07, 6.45) is 1.27. The zero-order chi connectivity index (χ0) is 11.5. The van der Waals surface area contributed by atoms with Gasteiger partial charge in [0.25, 0.3) is 5.91 Å². The van der Waals surface area contributed by atoms with E-state index in [2.05, 4.69) is 10.3 Å². The minimum absolute atomic E-state index is 0.161. The Labute approximate surface area is 93.3 Å². The van der Waals surface area contributed by atoms with Crippen LogP contribution in [0.2, 0.25) is 0 Å². The molecule has 1 aromatic heterocycles. The molecule has 1 atom stereocenters. The predicted molar refractivity (Wildman–Crippen MR) is 62.3 cm³/mol. The molecule has 0 aliphatic heterocycles. The number of nitrogens with one attached hydrogen (secondary N) is 2. The van der Waals surface area contributed by atoms with Crippen LogP contribution in [0.15, 0.2) is 30.5 Å². The van der Waals surface area contributed by atoms with Gasteiger partial charge >= 0.3 is 0 Å². The maximum atomic E-state index is 11.8. The van der Waals surface area contributed by atoms with Crippen molar-refractivity contribution in [3.63, 3.8) is 0 Å². The van der Waals surface area contributed by atoms with E-state index >= 15 is 0 Å². The molecule has 1 heterocycles. The van der Waals surface area contributed by atoms with Crippen molar-refractivity contribution in [3.05, 3.63) is 36.0 Å². The number of H-pyrrole nitrogens is 1. The zero-order valence-corrected chi connectivity index (χ0v) is 9.03. The first-order valence-corrected chi connectivity index (χ1v) is 5.21. The van der Waals surface area contributed by atoms with Gasteiger partial charge in [0.15, 0.2) is 0 Å². The van der Waals surface area contributed by atoms with Crippen LogP contribution in [0.3, 0.4) is 0 Å². The van der Waals surface area contributed by atoms with Gasteiger partial charge in [-0.25, -0.2) is 0 Å². The van der Waals surface area contributed by atoms with E-state index < -0.39 is 6.10 Å². The van der Waals surface area contributed by atoms with Gasteiger partial charge in [-0.2, -0.15) is 0 Å². The number of fused-ring (bicyclic) bond motifs is 1. The number of carbonyl (C=O) groups is 1. The van der Waals surface area contributed by atoms with Crippen molar-refractivity contribution in [1.29, 1.82) is 0 Å². The van der Waals surface area contributed by atoms with E-state index in [0.29, 0.717) is 5.56 Å². The number of hydrogen-bond donors (Lipinski definition) is 3. The molecule has 1 amide bonds. The van der Waals surface area contributed by atoms with Gasteiger partial charge < -0.3 is 15.4 Å². The monoisotopic (exact) mass is 218 g/mol. The highest BCUT2D eigenvalue weighted by molar-refractivity contribution is 6.06. The molecule has 1 aromatic carbocycles. The summed E-state index contributed by atoms with van der Waals surface area (Å²) in [5.41, 5.74) is 1.56. The van der Waals surface area contributed by atoms with Crippen molar-refractivity contribution in [3.8, 4) is 0 Å². The van der Waals surface area contributed by atoms with E-state index in [-0.39, 0.29) is 12.5 Å². The second-order valence-electron chi connectivity index (χ2n) is 3.80. The summed E-state index contributed by atoms with van der Waals surface area (Å²) < 4.78 is 0. The Kier molecular flexibility index (Phi) is 2.92. The molecule has 0 spiro atoms. The summed E-state index contributed by atoms with van der Waals surface area (Å²) in [5.74, 6) is -0.161. The van der Waals surface area contributed by atoms with Gasteiger partial charge in [0.2, 0.25) is 0 Å². The Balaban J connectivity index is 2.25. The van der Waals surface area contributed by atoms with Gasteiger partial charge in [0.1, 0.15) is 0 Å². The number of hydrogen-bond acceptors (Lipinski definition) is 2. The lowest BCUT2D eigenvalue weighted by Gasteiger charge is -2.07. The fraction of sp³-hybridized carbons (Fsp3) is 0.250. The van der Waals surface area contributed by atoms with Crippen molar-refractivity contribution < 1.29 is 9.90 Å². The molecule has 2 rings (SSSR count). The summed E-state index contributed by atoms with van der Waals surface area (Å²) in [4.78, 5) is 14.9. The SMILES string of the molecule is C[C@H](O)CNC(=O)c1cccc2[nH]ccc12. The summed E-state index contributed by atoms with van der Waals surface area (Å²) in [7, 11) is 0. The first kappa shape index (κ1) is 10.7. The Hall–Kier alpha value is -1.81. The van der Waals surface area contributed by atoms with Crippen LogP contribution in [0.25, 0.3) is 10.9 Å². The smallest absolute Gasteiger partial charge is 0.252 e. The zero-order valence-electron chi connectivity index (χ0n) is 9.03. The Morgan fingerprint density at radius 1 is 1.50 bits per heavy atom. The molecule has 0 aliphatic rings. The maximum absolute atomic E-state index is 11.8. The number of amides is 1. The van der Waals surface area contributed by atoms with Crippen molar-refractivity contribution in [1.82, 2.24) is 10.3 Å². The van der Waals surface area contributed by atoms with E-state index in [1.54, 1.807) is 19.2 Å². The highest BCUT2D eigenvalue weighted by Crippen LogP contribution is 2.16. The normalized spacial score (nSPS) is 12.6. The van der Waals surface area contributed by atoms with Crippen LogP contribution < -0.4 is 5.32 Å². The average Bonchev–Trinajstić information content (AvgIpc) is 2.73. The molecular weight excluding hydrogens is 204 g/mol. The van der Waals surface area contributed by atoms with E-state index in [1.807, 2.05) is 18.2 Å². The molecule has 0 saturated heterocycles. The Morgan fingerprint density at radius 2 is 2.31 bits per heavy atom. The van der Waals surface area contributed by atoms with Crippen LogP contribution in [0, 0.1) is 0 Å². The largest absolute Gasteiger partial charge is 0.392 e. The molecule has 0 bridgehead atoms. The quantitative estimate of drug-likeness (QED) is 0.726. The van der Waals surface area contributed by atoms with Gasteiger partial charge in [0, 0.05) is 29.2 Å². The first-order valence-electron chi connectivity index (χ1n) is 5.21. The molecule has 4 nitrogen and oxygen atoms in total. The highest BCUT2D eigenvalue weighted by Gasteiger charge is 2.10. The third kappa shape index (κ3) is 2.06. The summed E-state index contributed by atoms with van der Waals surface area (Å²) in [5, 5.41) is 12.7. The Bertz CT molecular complexity index is 502. The lowest BCUT2D eigenvalue weighted by atomic mass is 10.1. The fourth-order valence-electron chi connectivity index (χ4n) is 1.62. The predicted octanol–water partition coefficient (Wildman–Crippen LogP) is 1.28. The molecule has 16 heavy (non-hydrogen) atoms. The number of aliphatic hydroxyl groups excluding tert-OH is 1. The number of benzene rings is 1. The molecule has 0 aliphatic carbocycles. The van der Waals surface area contributed by atoms with Gasteiger partial charge in [-0.15, -0.1) is 0 Å². The molecule has 0 fully saturated rings. The molecule has 84 valence electrons. The summed E-state index contributed by atoms with van der Waals surface area (Å²) in [6.45, 7) is 1.90. The van der Waals surface area contributed by atoms with Crippen LogP contribution in [0.5, 0.6) is 0 Å². The third-order valence-electron chi connectivity index (χ3n) is 2.40. The summed E-state index contributed by atoms with van der Waals surface area (Å²) in [6, 6.07) is 7.39. The summed E-state index contributed by atoms with van der Waals surface area (Å²) >= 11 is 0. The molecule has 0 saturated carbocycles. The van der Waals surface area contributed by atoms with Crippen molar-refractivity contribution in [2.45, 2.75) is 13.0 Å². The van der Waals surface area contributed by atoms with Crippen LogP contribution in [-0.4, -0.2) is 28.6 Å². The Morgan fingerprint density at radius 3 is 3.06 bits per heavy atom. The number of aliphatic hydroxyl groups is 1. The number of aromatic nitrogens is 1. The van der Waals surface area contributed by atoms with Crippen molar-refractivity contribution >= 4 is 16.8 Å². The van der Waals surface area contributed by atoms with Crippen LogP contribution in [0.1, 0.15) is 17.3 Å². The fourth-order valence-corrected chi connectivity index (χ4v) is 1.62. The third-order valence-corrected chi connectivity index (χ3v) is 2.40. The minimum atomic E-state index is -0.533. The first-order chi connectivity index (χ1) is 7.68. The molecule has 0 unspecified atom stereocenters. The van der Waals surface area contributed by atoms with E-state index in [0.717, 1.165) is 10.9 Å². The minimum Gasteiger partial charge on any atom is -0.392 e. The van der Waals surface area contributed by atoms with Crippen LogP contribution in [-0.2, 0) is 0 Å². The standard InChI is InChI=1S/C12H14N2O2/c1-8(15)7-14-12(16)10-3-2-4-11-9(10)5-6-13-11/h2-6,8,13,15H,7H2,1H3,(H,14,16)/t8-/m0/s1. The number of rotatable bonds is 3. The molecule has 0 radical (unpaired) electrons. The van der Waals surface area contributed by atoms with E-state index in [4.69, 9.17) is 5.11 Å². The van der Waals surface area contributed by atoms with Crippen molar-refractivity contribution in [2.75, 3.05) is 6.54 Å². The maximum Gasteiger partial charge on any atom is 0.252 e. The number of carbonyl (C=O) groups excluding carboxylic acids is 1. The van der Waals surface area contributed by atoms with E-state index in [1.165, 1.54) is 0 Å². The topological polar surface area (TPSA) is 65.1 Å². The van der Waals surface area contributed by atoms with Gasteiger partial charge in [-0.05, 0) is 25.1 Å². The molecule has 3 N–H and O–H groups in total. The second-order valence-corrected chi connectivity index (χ2v) is 3.80. The second kappa shape index (κ2) is 4.37. The van der Waals surface area contributed by atoms with Crippen LogP contribution >= 0.6 is 0 Å². The molecular formula is C12H14N2O2. The van der Waals surface area contributed by atoms with Gasteiger partial charge in [-0.1, -0.05) is 6.07 Å². The van der Waals surface area contributed by atoms with E-state index in [9.17, 15) is 4.79 Å². The highest BCUT2D eigenvalue weighted by atomic mass is 16.3. The van der Waals surface area contributed by atoms with Gasteiger partial charge in [0.05, 0.1) is 6.10 Å². The molecule has 2 aromatic rings. The van der Waals surface area contributed by atoms with Crippen molar-refractivity contribution in [2.24, 2.45) is 0 Å². The van der Waals surface area contributed by atoms with Gasteiger partial charge in [-0.3, -0.25) is 4.79 Å². The number of aromatic amines is 1. The average molecular weight is 218 g/mol.